The maximum Gasteiger partial charge on any atom is 0.175 e. The van der Waals surface area contributed by atoms with Gasteiger partial charge >= 0.3 is 0 Å². The molecule has 0 aromatic heterocycles. The van der Waals surface area contributed by atoms with E-state index in [-0.39, 0.29) is 0 Å². The first-order valence-electron chi connectivity index (χ1n) is 3.80. The minimum atomic E-state index is -0.838. The van der Waals surface area contributed by atoms with Crippen molar-refractivity contribution in [2.75, 3.05) is 14.2 Å². The lowest BCUT2D eigenvalue weighted by molar-refractivity contribution is 0.408. The molecule has 0 N–H and O–H groups in total. The third-order valence-electron chi connectivity index (χ3n) is 1.79. The van der Waals surface area contributed by atoms with Gasteiger partial charge in [0.1, 0.15) is 0 Å². The summed E-state index contributed by atoms with van der Waals surface area (Å²) < 4.78 is 10.6. The molecule has 0 aromatic rings. The lowest BCUT2D eigenvalue weighted by Gasteiger charge is -2.13. The Kier molecular flexibility index (Phi) is 6.30. The Bertz CT molecular complexity index is 76.1. The number of hydrogen-bond donors (Lipinski definition) is 0. The van der Waals surface area contributed by atoms with Gasteiger partial charge in [-0.25, -0.2) is 0 Å². The fourth-order valence-corrected chi connectivity index (χ4v) is 7.06. The molecule has 4 heteroatoms. The Hall–Kier alpha value is 0.354. The molecule has 0 rings (SSSR count). The van der Waals surface area contributed by atoms with Gasteiger partial charge in [-0.2, -0.15) is 0 Å². The van der Waals surface area contributed by atoms with Crippen molar-refractivity contribution in [1.29, 1.82) is 0 Å². The maximum atomic E-state index is 5.37. The van der Waals surface area contributed by atoms with Crippen molar-refractivity contribution in [2.24, 2.45) is 0 Å². The van der Waals surface area contributed by atoms with Gasteiger partial charge in [-0.05, 0) is 18.3 Å². The molecule has 0 bridgehead atoms. The van der Waals surface area contributed by atoms with Crippen LogP contribution in [-0.2, 0) is 8.85 Å². The second-order valence-electron chi connectivity index (χ2n) is 2.55. The molecule has 0 amide bonds. The minimum Gasteiger partial charge on any atom is -0.424 e. The first kappa shape index (κ1) is 10.4. The van der Waals surface area contributed by atoms with E-state index in [0.29, 0.717) is 0 Å². The van der Waals surface area contributed by atoms with Gasteiger partial charge in [-0.1, -0.05) is 6.92 Å². The molecule has 2 atom stereocenters. The summed E-state index contributed by atoms with van der Waals surface area (Å²) in [7, 11) is 1.98. The van der Waals surface area contributed by atoms with Gasteiger partial charge in [0, 0.05) is 14.2 Å². The topological polar surface area (TPSA) is 18.5 Å². The highest BCUT2D eigenvalue weighted by Crippen LogP contribution is 2.03. The highest BCUT2D eigenvalue weighted by atomic mass is 28.4. The molecule has 0 aliphatic heterocycles. The van der Waals surface area contributed by atoms with Crippen molar-refractivity contribution in [3.8, 4) is 0 Å². The van der Waals surface area contributed by atoms with Crippen LogP contribution in [0.25, 0.3) is 0 Å². The largest absolute Gasteiger partial charge is 0.424 e. The summed E-state index contributed by atoms with van der Waals surface area (Å²) in [5.74, 6) is 0. The molecule has 0 fully saturated rings. The molecule has 0 heterocycles. The average Bonchev–Trinajstić information content (AvgIpc) is 1.99. The van der Waals surface area contributed by atoms with E-state index in [1.165, 1.54) is 11.7 Å². The predicted octanol–water partition coefficient (Wildman–Crippen LogP) is 0.916. The zero-order chi connectivity index (χ0) is 7.98. The molecule has 2 nitrogen and oxygen atoms in total. The minimum absolute atomic E-state index is 0.831. The molecule has 0 saturated carbocycles. The van der Waals surface area contributed by atoms with Gasteiger partial charge in [0.25, 0.3) is 0 Å². The first-order chi connectivity index (χ1) is 4.74. The molecule has 62 valence electrons. The zero-order valence-corrected chi connectivity index (χ0v) is 9.69. The van der Waals surface area contributed by atoms with E-state index in [1.54, 1.807) is 0 Å². The van der Waals surface area contributed by atoms with E-state index in [0.717, 1.165) is 0 Å². The van der Waals surface area contributed by atoms with E-state index in [2.05, 4.69) is 13.5 Å². The van der Waals surface area contributed by atoms with Gasteiger partial charge < -0.3 is 8.85 Å². The Balaban J connectivity index is 3.41. The van der Waals surface area contributed by atoms with E-state index in [1.807, 2.05) is 14.2 Å². The molecule has 0 aromatic carbocycles. The van der Waals surface area contributed by atoms with Gasteiger partial charge in [0.05, 0.1) is 0 Å². The van der Waals surface area contributed by atoms with E-state index < -0.39 is 18.1 Å². The highest BCUT2D eigenvalue weighted by Gasteiger charge is 2.13. The van der Waals surface area contributed by atoms with Crippen LogP contribution < -0.4 is 0 Å². The molecule has 2 unspecified atom stereocenters. The van der Waals surface area contributed by atoms with Crippen LogP contribution in [0.3, 0.4) is 0 Å². The summed E-state index contributed by atoms with van der Waals surface area (Å²) >= 11 is 0. The third kappa shape index (κ3) is 4.21. The molecule has 0 spiro atoms. The van der Waals surface area contributed by atoms with Gasteiger partial charge in [0.15, 0.2) is 18.1 Å². The smallest absolute Gasteiger partial charge is 0.175 e. The molecule has 0 aliphatic rings. The Morgan fingerprint density at radius 3 is 2.10 bits per heavy atom. The summed E-state index contributed by atoms with van der Waals surface area (Å²) in [5.41, 5.74) is 1.27. The van der Waals surface area contributed by atoms with Gasteiger partial charge in [0.2, 0.25) is 0 Å². The van der Waals surface area contributed by atoms with Crippen LogP contribution in [0.2, 0.25) is 18.3 Å². The van der Waals surface area contributed by atoms with Crippen molar-refractivity contribution in [2.45, 2.75) is 25.2 Å². The third-order valence-corrected chi connectivity index (χ3v) is 8.93. The molecule has 0 aliphatic carbocycles. The summed E-state index contributed by atoms with van der Waals surface area (Å²) in [6, 6.07) is 1.23. The fraction of sp³-hybridized carbons (Fsp3) is 1.00. The normalized spacial score (nSPS) is 16.8. The molecule has 10 heavy (non-hydrogen) atoms. The molecule has 0 radical (unpaired) electrons. The lowest BCUT2D eigenvalue weighted by Crippen LogP contribution is -2.24. The van der Waals surface area contributed by atoms with Crippen molar-refractivity contribution >= 4 is 18.1 Å². The highest BCUT2D eigenvalue weighted by molar-refractivity contribution is 6.70. The summed E-state index contributed by atoms with van der Waals surface area (Å²) in [6.45, 7) is 4.44. The van der Waals surface area contributed by atoms with Crippen LogP contribution in [0.5, 0.6) is 0 Å². The molecular weight excluding hydrogens is 160 g/mol. The Morgan fingerprint density at radius 2 is 1.80 bits per heavy atom. The van der Waals surface area contributed by atoms with Crippen LogP contribution in [-0.4, -0.2) is 32.3 Å². The van der Waals surface area contributed by atoms with E-state index in [4.69, 9.17) is 8.85 Å². The fourth-order valence-electron chi connectivity index (χ4n) is 0.896. The van der Waals surface area contributed by atoms with Crippen LogP contribution in [0, 0.1) is 0 Å². The van der Waals surface area contributed by atoms with Crippen LogP contribution in [0.1, 0.15) is 6.92 Å². The van der Waals surface area contributed by atoms with Crippen molar-refractivity contribution in [1.82, 2.24) is 0 Å². The second-order valence-corrected chi connectivity index (χ2v) is 9.06. The summed E-state index contributed by atoms with van der Waals surface area (Å²) in [6.07, 6.45) is 0. The SMILES string of the molecule is CC[SiH](C[SiH](C)OC)OC. The number of hydrogen-bond acceptors (Lipinski definition) is 2. The molecule has 0 saturated heterocycles. The lowest BCUT2D eigenvalue weighted by atomic mass is 11.0. The van der Waals surface area contributed by atoms with E-state index in [9.17, 15) is 0 Å². The molecular formula is C6H18O2Si2. The van der Waals surface area contributed by atoms with Crippen LogP contribution in [0.4, 0.5) is 0 Å². The Labute approximate surface area is 67.0 Å². The zero-order valence-electron chi connectivity index (χ0n) is 7.39. The summed E-state index contributed by atoms with van der Waals surface area (Å²) in [5, 5.41) is 0. The monoisotopic (exact) mass is 178 g/mol. The number of rotatable bonds is 5. The van der Waals surface area contributed by atoms with Crippen LogP contribution in [0.15, 0.2) is 0 Å². The van der Waals surface area contributed by atoms with Crippen LogP contribution >= 0.6 is 0 Å². The maximum absolute atomic E-state index is 5.37. The van der Waals surface area contributed by atoms with Crippen molar-refractivity contribution in [3.05, 3.63) is 0 Å². The predicted molar refractivity (Wildman–Crippen MR) is 49.5 cm³/mol. The van der Waals surface area contributed by atoms with Crippen molar-refractivity contribution in [3.63, 3.8) is 0 Å². The summed E-state index contributed by atoms with van der Waals surface area (Å²) in [4.78, 5) is 0. The quantitative estimate of drug-likeness (QED) is 0.583. The average molecular weight is 178 g/mol. The van der Waals surface area contributed by atoms with Gasteiger partial charge in [-0.15, -0.1) is 0 Å². The van der Waals surface area contributed by atoms with Crippen molar-refractivity contribution < 1.29 is 8.85 Å². The second kappa shape index (κ2) is 6.09. The van der Waals surface area contributed by atoms with E-state index >= 15 is 0 Å². The van der Waals surface area contributed by atoms with Gasteiger partial charge in [-0.3, -0.25) is 0 Å². The first-order valence-corrected chi connectivity index (χ1v) is 8.34. The standard InChI is InChI=1S/C6H18O2Si2/c1-5-10(8-3)6-9(4)7-2/h9-10H,5-6H2,1-4H3. The Morgan fingerprint density at radius 1 is 1.20 bits per heavy atom.